The minimum atomic E-state index is -0.635. The zero-order valence-corrected chi connectivity index (χ0v) is 33.5. The molecular weight excluding hydrogens is 651 g/mol. The number of fused-ring (bicyclic) bond motifs is 3. The molecule has 0 radical (unpaired) electrons. The van der Waals surface area contributed by atoms with Crippen LogP contribution in [0.1, 0.15) is 114 Å². The lowest BCUT2D eigenvalue weighted by Crippen LogP contribution is -2.70. The third-order valence-corrected chi connectivity index (χ3v) is 16.7. The van der Waals surface area contributed by atoms with E-state index in [-0.39, 0.29) is 40.2 Å². The van der Waals surface area contributed by atoms with Gasteiger partial charge in [-0.25, -0.2) is 9.67 Å². The number of carboxylic acid groups (broad SMARTS) is 1. The summed E-state index contributed by atoms with van der Waals surface area (Å²) in [7, 11) is 0. The molecule has 0 unspecified atom stereocenters. The van der Waals surface area contributed by atoms with Gasteiger partial charge in [0, 0.05) is 28.9 Å². The summed E-state index contributed by atoms with van der Waals surface area (Å²) in [6.07, 6.45) is 13.2. The smallest absolute Gasteiger partial charge is 0.307 e. The van der Waals surface area contributed by atoms with Crippen molar-refractivity contribution < 1.29 is 19.4 Å². The van der Waals surface area contributed by atoms with Crippen LogP contribution in [0.15, 0.2) is 42.5 Å². The van der Waals surface area contributed by atoms with Crippen LogP contribution in [0.3, 0.4) is 0 Å². The summed E-state index contributed by atoms with van der Waals surface area (Å²) in [6.45, 7) is 24.4. The molecule has 12 atom stereocenters. The monoisotopic (exact) mass is 716 g/mol. The molecule has 0 aromatic carbocycles. The number of pyridine rings is 1. The summed E-state index contributed by atoms with van der Waals surface area (Å²) < 4.78 is 16.3. The van der Waals surface area contributed by atoms with Crippen molar-refractivity contribution in [3.8, 4) is 11.4 Å². The Morgan fingerprint density at radius 1 is 1.12 bits per heavy atom. The molecule has 3 heterocycles. The van der Waals surface area contributed by atoms with Crippen molar-refractivity contribution in [3.63, 3.8) is 0 Å². The fraction of sp³-hybridized carbons (Fsp3) is 0.767. The quantitative estimate of drug-likeness (QED) is 0.249. The minimum absolute atomic E-state index is 0.111. The molecule has 2 aromatic heterocycles. The lowest BCUT2D eigenvalue weighted by molar-refractivity contribution is -0.254. The van der Waals surface area contributed by atoms with Crippen LogP contribution in [0.25, 0.3) is 11.4 Å². The number of carboxylic acids is 1. The summed E-state index contributed by atoms with van der Waals surface area (Å²) in [5.74, 6) is 1.22. The largest absolute Gasteiger partial charge is 0.481 e. The van der Waals surface area contributed by atoms with Gasteiger partial charge in [0.15, 0.2) is 5.82 Å². The molecule has 52 heavy (non-hydrogen) atoms. The van der Waals surface area contributed by atoms with Gasteiger partial charge in [-0.05, 0) is 109 Å². The molecule has 4 aliphatic carbocycles. The van der Waals surface area contributed by atoms with Crippen molar-refractivity contribution in [2.45, 2.75) is 125 Å². The second-order valence-electron chi connectivity index (χ2n) is 19.8. The van der Waals surface area contributed by atoms with Crippen LogP contribution in [0.2, 0.25) is 0 Å². The van der Waals surface area contributed by atoms with E-state index in [1.165, 1.54) is 5.57 Å². The Kier molecular flexibility index (Phi) is 9.22. The first-order chi connectivity index (χ1) is 24.4. The number of nitrogens with two attached hydrogens (primary N) is 1. The van der Waals surface area contributed by atoms with Gasteiger partial charge in [-0.3, -0.25) is 9.78 Å². The molecule has 0 spiro atoms. The normalized spacial score (nSPS) is 41.7. The Bertz CT molecular complexity index is 1690. The molecule has 3 saturated carbocycles. The summed E-state index contributed by atoms with van der Waals surface area (Å²) in [6, 6.07) is 3.88. The van der Waals surface area contributed by atoms with E-state index in [0.29, 0.717) is 37.6 Å². The predicted octanol–water partition coefficient (Wildman–Crippen LogP) is 8.23. The van der Waals surface area contributed by atoms with Crippen LogP contribution in [0.4, 0.5) is 0 Å². The van der Waals surface area contributed by atoms with Crippen molar-refractivity contribution in [1.29, 1.82) is 0 Å². The van der Waals surface area contributed by atoms with E-state index >= 15 is 0 Å². The molecule has 9 heteroatoms. The number of aliphatic carboxylic acids is 1. The van der Waals surface area contributed by atoms with Gasteiger partial charge in [0.2, 0.25) is 0 Å². The summed E-state index contributed by atoms with van der Waals surface area (Å²) in [5, 5.41) is 16.1. The topological polar surface area (TPSA) is 125 Å². The molecular formula is C43H65N5O4. The number of hydrogen-bond donors (Lipinski definition) is 2. The van der Waals surface area contributed by atoms with Gasteiger partial charge in [-0.15, -0.1) is 0 Å². The van der Waals surface area contributed by atoms with Crippen molar-refractivity contribution in [2.75, 3.05) is 19.8 Å². The number of allylic oxidation sites excluding steroid dienone is 1. The highest BCUT2D eigenvalue weighted by atomic mass is 16.5. The lowest BCUT2D eigenvalue weighted by Gasteiger charge is -2.71. The average Bonchev–Trinajstić information content (AvgIpc) is 3.58. The molecule has 286 valence electrons. The standard InChI is InChI=1S/C43H65N5O4/c1-26(2)28(5)39(7)17-18-40(8)30-13-14-33-38(6)20-32(48-36(46-25-47-48)29-12-11-19-45-21-29)35(52-23-42(10,44)27(3)4)43(33,24-51-22-38)31(30)15-16-41(40,9)34(39)37(49)50/h11-12,15,19,21,25-28,30,32-35H,13-14,16-18,20,22-24,44H2,1-10H3,(H,49,50)/t28-,30+,32-,33-,34-,35+,38-,39-,40-,41+,42+,43+/m1/s1. The molecule has 2 bridgehead atoms. The maximum Gasteiger partial charge on any atom is 0.307 e. The number of hydrogen-bond acceptors (Lipinski definition) is 7. The van der Waals surface area contributed by atoms with Crippen molar-refractivity contribution in [2.24, 2.45) is 68.3 Å². The highest BCUT2D eigenvalue weighted by molar-refractivity contribution is 5.73. The molecule has 1 aliphatic heterocycles. The van der Waals surface area contributed by atoms with Crippen LogP contribution in [0, 0.1) is 62.6 Å². The van der Waals surface area contributed by atoms with Crippen LogP contribution in [-0.2, 0) is 14.3 Å². The Morgan fingerprint density at radius 2 is 1.87 bits per heavy atom. The van der Waals surface area contributed by atoms with E-state index in [0.717, 1.165) is 49.9 Å². The van der Waals surface area contributed by atoms with E-state index in [1.807, 2.05) is 18.3 Å². The van der Waals surface area contributed by atoms with E-state index in [2.05, 4.69) is 85.0 Å². The van der Waals surface area contributed by atoms with Crippen LogP contribution in [0.5, 0.6) is 0 Å². The molecule has 4 fully saturated rings. The average molecular weight is 716 g/mol. The van der Waals surface area contributed by atoms with Gasteiger partial charge in [0.05, 0.1) is 37.9 Å². The van der Waals surface area contributed by atoms with Crippen LogP contribution >= 0.6 is 0 Å². The fourth-order valence-corrected chi connectivity index (χ4v) is 12.7. The lowest BCUT2D eigenvalue weighted by atomic mass is 9.34. The maximum atomic E-state index is 13.6. The van der Waals surface area contributed by atoms with Gasteiger partial charge in [0.25, 0.3) is 0 Å². The van der Waals surface area contributed by atoms with Gasteiger partial charge < -0.3 is 20.3 Å². The number of rotatable bonds is 9. The molecule has 0 amide bonds. The zero-order valence-electron chi connectivity index (χ0n) is 33.5. The third kappa shape index (κ3) is 5.25. The van der Waals surface area contributed by atoms with Crippen molar-refractivity contribution >= 4 is 5.97 Å². The summed E-state index contributed by atoms with van der Waals surface area (Å²) in [4.78, 5) is 22.8. The molecule has 3 N–H and O–H groups in total. The molecule has 7 rings (SSSR count). The van der Waals surface area contributed by atoms with Crippen LogP contribution in [-0.4, -0.2) is 62.3 Å². The van der Waals surface area contributed by atoms with Gasteiger partial charge >= 0.3 is 5.97 Å². The summed E-state index contributed by atoms with van der Waals surface area (Å²) >= 11 is 0. The molecule has 5 aliphatic rings. The number of aromatic nitrogens is 4. The Morgan fingerprint density at radius 3 is 2.52 bits per heavy atom. The Balaban J connectivity index is 1.40. The molecule has 2 aromatic rings. The maximum absolute atomic E-state index is 13.6. The number of ether oxygens (including phenoxy) is 2. The molecule has 1 saturated heterocycles. The van der Waals surface area contributed by atoms with Gasteiger partial charge in [-0.1, -0.05) is 74.0 Å². The SMILES string of the molecule is CC(C)[C@@H](C)[C@@]1(C)CC[C@]2(C)[C@H]3CC[C@@H]4[C@@]5(C)COC[C@@]4(C3=CC[C@@]2(C)[C@@H]1C(=O)O)[C@@H](OC[C@](C)(N)C(C)C)[C@H](n1ncnc1-c1cccnc1)C5. The van der Waals surface area contributed by atoms with Gasteiger partial charge in [-0.2, -0.15) is 5.10 Å². The van der Waals surface area contributed by atoms with E-state index in [4.69, 9.17) is 25.3 Å². The Labute approximate surface area is 311 Å². The summed E-state index contributed by atoms with van der Waals surface area (Å²) in [5.41, 5.74) is 7.41. The van der Waals surface area contributed by atoms with Gasteiger partial charge in [0.1, 0.15) is 6.33 Å². The third-order valence-electron chi connectivity index (χ3n) is 16.7. The fourth-order valence-electron chi connectivity index (χ4n) is 12.7. The van der Waals surface area contributed by atoms with Crippen molar-refractivity contribution in [3.05, 3.63) is 42.5 Å². The van der Waals surface area contributed by atoms with E-state index in [9.17, 15) is 9.90 Å². The minimum Gasteiger partial charge on any atom is -0.481 e. The van der Waals surface area contributed by atoms with E-state index in [1.54, 1.807) is 12.5 Å². The van der Waals surface area contributed by atoms with Crippen LogP contribution < -0.4 is 5.73 Å². The molecule has 9 nitrogen and oxygen atoms in total. The first-order valence-corrected chi connectivity index (χ1v) is 20.1. The second-order valence-corrected chi connectivity index (χ2v) is 19.8. The second kappa shape index (κ2) is 12.7. The zero-order chi connectivity index (χ0) is 37.6. The van der Waals surface area contributed by atoms with Crippen molar-refractivity contribution in [1.82, 2.24) is 19.7 Å². The highest BCUT2D eigenvalue weighted by Crippen LogP contribution is 2.75. The van der Waals surface area contributed by atoms with E-state index < -0.39 is 28.3 Å². The first kappa shape index (κ1) is 37.7. The predicted molar refractivity (Wildman–Crippen MR) is 203 cm³/mol. The number of nitrogens with zero attached hydrogens (tertiary/aromatic N) is 4. The Hall–Kier alpha value is -2.62. The highest BCUT2D eigenvalue weighted by Gasteiger charge is 2.72. The first-order valence-electron chi connectivity index (χ1n) is 20.1. The number of carbonyl (C=O) groups is 1.